The lowest BCUT2D eigenvalue weighted by Crippen LogP contribution is -2.38. The largest absolute Gasteiger partial charge is 0.480 e. The van der Waals surface area contributed by atoms with Crippen molar-refractivity contribution in [3.05, 3.63) is 77.6 Å². The third kappa shape index (κ3) is 4.20. The Morgan fingerprint density at radius 3 is 2.53 bits per heavy atom. The molecule has 1 aliphatic rings. The molecule has 2 heterocycles. The number of para-hydroxylation sites is 1. The average molecular weight is 405 g/mol. The predicted molar refractivity (Wildman–Crippen MR) is 111 cm³/mol. The van der Waals surface area contributed by atoms with Crippen molar-refractivity contribution in [1.29, 1.82) is 0 Å². The van der Waals surface area contributed by atoms with Crippen molar-refractivity contribution in [3.8, 4) is 11.4 Å². The second-order valence-electron chi connectivity index (χ2n) is 6.97. The number of amides is 1. The van der Waals surface area contributed by atoms with Gasteiger partial charge in [-0.1, -0.05) is 42.5 Å². The number of carbonyl (C=O) groups excluding carboxylic acids is 2. The van der Waals surface area contributed by atoms with E-state index in [0.717, 1.165) is 17.7 Å². The molecule has 0 atom stereocenters. The van der Waals surface area contributed by atoms with Crippen LogP contribution < -0.4 is 4.74 Å². The summed E-state index contributed by atoms with van der Waals surface area (Å²) < 4.78 is 12.4. The standard InChI is InChI=1S/C23H23N3O4/c1-2-29-23(28)22-20(15-26(24-22)19-10-4-3-5-11-19)30-16-21(27)25-13-12-17-8-6-7-9-18(17)14-25/h3-11,15H,2,12-14,16H2,1H3. The van der Waals surface area contributed by atoms with Gasteiger partial charge in [-0.05, 0) is 36.6 Å². The van der Waals surface area contributed by atoms with Gasteiger partial charge in [-0.3, -0.25) is 4.79 Å². The van der Waals surface area contributed by atoms with Gasteiger partial charge in [-0.15, -0.1) is 0 Å². The summed E-state index contributed by atoms with van der Waals surface area (Å²) in [6.07, 6.45) is 2.42. The fourth-order valence-electron chi connectivity index (χ4n) is 3.46. The Hall–Kier alpha value is -3.61. The lowest BCUT2D eigenvalue weighted by Gasteiger charge is -2.28. The molecule has 154 valence electrons. The van der Waals surface area contributed by atoms with Crippen LogP contribution in [0.3, 0.4) is 0 Å². The number of aromatic nitrogens is 2. The molecule has 1 aliphatic heterocycles. The molecule has 1 amide bonds. The molecule has 2 aromatic carbocycles. The zero-order valence-electron chi connectivity index (χ0n) is 16.8. The molecule has 3 aromatic rings. The number of ether oxygens (including phenoxy) is 2. The van der Waals surface area contributed by atoms with Gasteiger partial charge in [0.2, 0.25) is 5.69 Å². The SMILES string of the molecule is CCOC(=O)c1nn(-c2ccccc2)cc1OCC(=O)N1CCc2ccccc2C1. The van der Waals surface area contributed by atoms with E-state index in [-0.39, 0.29) is 30.6 Å². The molecule has 0 bridgehead atoms. The molecular weight excluding hydrogens is 382 g/mol. The third-order valence-electron chi connectivity index (χ3n) is 5.00. The van der Waals surface area contributed by atoms with E-state index in [1.807, 2.05) is 48.5 Å². The van der Waals surface area contributed by atoms with Crippen LogP contribution in [0.15, 0.2) is 60.8 Å². The summed E-state index contributed by atoms with van der Waals surface area (Å²) in [5.41, 5.74) is 3.26. The smallest absolute Gasteiger partial charge is 0.362 e. The van der Waals surface area contributed by atoms with Crippen LogP contribution >= 0.6 is 0 Å². The van der Waals surface area contributed by atoms with Crippen LogP contribution in [0.4, 0.5) is 0 Å². The molecule has 0 fully saturated rings. The third-order valence-corrected chi connectivity index (χ3v) is 5.00. The van der Waals surface area contributed by atoms with Crippen molar-refractivity contribution in [3.63, 3.8) is 0 Å². The molecule has 7 heteroatoms. The Bertz CT molecular complexity index is 1050. The number of esters is 1. The highest BCUT2D eigenvalue weighted by Crippen LogP contribution is 2.22. The fraction of sp³-hybridized carbons (Fsp3) is 0.261. The van der Waals surface area contributed by atoms with Crippen LogP contribution in [0.25, 0.3) is 5.69 Å². The van der Waals surface area contributed by atoms with E-state index in [0.29, 0.717) is 13.1 Å². The molecule has 7 nitrogen and oxygen atoms in total. The van der Waals surface area contributed by atoms with E-state index in [9.17, 15) is 9.59 Å². The Labute approximate surface area is 174 Å². The molecule has 0 N–H and O–H groups in total. The normalized spacial score (nSPS) is 12.9. The average Bonchev–Trinajstić information content (AvgIpc) is 3.22. The molecule has 0 radical (unpaired) electrons. The number of hydrogen-bond donors (Lipinski definition) is 0. The highest BCUT2D eigenvalue weighted by atomic mass is 16.5. The quantitative estimate of drug-likeness (QED) is 0.590. The zero-order chi connectivity index (χ0) is 20.9. The number of benzene rings is 2. The number of rotatable bonds is 6. The van der Waals surface area contributed by atoms with Gasteiger partial charge in [0.25, 0.3) is 5.91 Å². The maximum atomic E-state index is 12.7. The molecule has 0 saturated carbocycles. The summed E-state index contributed by atoms with van der Waals surface area (Å²) in [4.78, 5) is 26.8. The van der Waals surface area contributed by atoms with Crippen molar-refractivity contribution >= 4 is 11.9 Å². The first-order chi connectivity index (χ1) is 14.7. The van der Waals surface area contributed by atoms with E-state index >= 15 is 0 Å². The summed E-state index contributed by atoms with van der Waals surface area (Å²) in [6.45, 7) is 2.99. The molecule has 1 aromatic heterocycles. The van der Waals surface area contributed by atoms with E-state index < -0.39 is 5.97 Å². The van der Waals surface area contributed by atoms with Gasteiger partial charge in [-0.2, -0.15) is 5.10 Å². The summed E-state index contributed by atoms with van der Waals surface area (Å²) in [5, 5.41) is 4.31. The van der Waals surface area contributed by atoms with Crippen molar-refractivity contribution < 1.29 is 19.1 Å². The number of fused-ring (bicyclic) bond motifs is 1. The fourth-order valence-corrected chi connectivity index (χ4v) is 3.46. The Morgan fingerprint density at radius 1 is 1.03 bits per heavy atom. The minimum absolute atomic E-state index is 0.0532. The molecule has 0 aliphatic carbocycles. The molecular formula is C23H23N3O4. The molecule has 4 rings (SSSR count). The lowest BCUT2D eigenvalue weighted by atomic mass is 10.00. The topological polar surface area (TPSA) is 73.7 Å². The summed E-state index contributed by atoms with van der Waals surface area (Å²) in [5.74, 6) is -0.489. The Balaban J connectivity index is 1.49. The van der Waals surface area contributed by atoms with E-state index in [4.69, 9.17) is 9.47 Å². The van der Waals surface area contributed by atoms with Crippen LogP contribution in [0.2, 0.25) is 0 Å². The van der Waals surface area contributed by atoms with E-state index in [1.165, 1.54) is 5.56 Å². The molecule has 0 spiro atoms. The van der Waals surface area contributed by atoms with E-state index in [1.54, 1.807) is 22.7 Å². The number of carbonyl (C=O) groups is 2. The number of nitrogens with zero attached hydrogens (tertiary/aromatic N) is 3. The summed E-state index contributed by atoms with van der Waals surface area (Å²) in [6, 6.07) is 17.5. The lowest BCUT2D eigenvalue weighted by molar-refractivity contribution is -0.134. The monoisotopic (exact) mass is 405 g/mol. The first-order valence-corrected chi connectivity index (χ1v) is 9.95. The van der Waals surface area contributed by atoms with Gasteiger partial charge in [0.15, 0.2) is 12.4 Å². The van der Waals surface area contributed by atoms with Crippen molar-refractivity contribution in [2.75, 3.05) is 19.8 Å². The van der Waals surface area contributed by atoms with Crippen LogP contribution in [-0.2, 0) is 22.5 Å². The second kappa shape index (κ2) is 8.82. The van der Waals surface area contributed by atoms with Crippen molar-refractivity contribution in [2.45, 2.75) is 19.9 Å². The first kappa shape index (κ1) is 19.7. The van der Waals surface area contributed by atoms with Gasteiger partial charge in [0.1, 0.15) is 0 Å². The Kier molecular flexibility index (Phi) is 5.79. The van der Waals surface area contributed by atoms with E-state index in [2.05, 4.69) is 11.2 Å². The summed E-state index contributed by atoms with van der Waals surface area (Å²) in [7, 11) is 0. The van der Waals surface area contributed by atoms with Crippen molar-refractivity contribution in [2.24, 2.45) is 0 Å². The van der Waals surface area contributed by atoms with Gasteiger partial charge >= 0.3 is 5.97 Å². The second-order valence-corrected chi connectivity index (χ2v) is 6.97. The summed E-state index contributed by atoms with van der Waals surface area (Å²) >= 11 is 0. The molecule has 30 heavy (non-hydrogen) atoms. The maximum Gasteiger partial charge on any atom is 0.362 e. The van der Waals surface area contributed by atoms with Gasteiger partial charge in [0.05, 0.1) is 18.5 Å². The van der Waals surface area contributed by atoms with Gasteiger partial charge in [0, 0.05) is 13.1 Å². The highest BCUT2D eigenvalue weighted by Gasteiger charge is 2.24. The van der Waals surface area contributed by atoms with Crippen LogP contribution in [0, 0.1) is 0 Å². The van der Waals surface area contributed by atoms with Crippen molar-refractivity contribution in [1.82, 2.24) is 14.7 Å². The number of hydrogen-bond acceptors (Lipinski definition) is 5. The first-order valence-electron chi connectivity index (χ1n) is 9.95. The highest BCUT2D eigenvalue weighted by molar-refractivity contribution is 5.90. The van der Waals surface area contributed by atoms with Gasteiger partial charge < -0.3 is 14.4 Å². The van der Waals surface area contributed by atoms with Gasteiger partial charge in [-0.25, -0.2) is 9.48 Å². The minimum atomic E-state index is -0.582. The van der Waals surface area contributed by atoms with Crippen LogP contribution in [0.1, 0.15) is 28.5 Å². The molecule has 0 saturated heterocycles. The predicted octanol–water partition coefficient (Wildman–Crippen LogP) is 3.01. The molecule has 0 unspecified atom stereocenters. The zero-order valence-corrected chi connectivity index (χ0v) is 16.8. The van der Waals surface area contributed by atoms with Crippen LogP contribution in [-0.4, -0.2) is 46.3 Å². The maximum absolute atomic E-state index is 12.7. The Morgan fingerprint density at radius 2 is 1.77 bits per heavy atom. The minimum Gasteiger partial charge on any atom is -0.480 e. The van der Waals surface area contributed by atoms with Crippen LogP contribution in [0.5, 0.6) is 5.75 Å².